The van der Waals surface area contributed by atoms with E-state index in [9.17, 15) is 5.11 Å². The maximum atomic E-state index is 9.83. The van der Waals surface area contributed by atoms with Crippen LogP contribution in [0.25, 0.3) is 11.1 Å². The lowest BCUT2D eigenvalue weighted by Gasteiger charge is -2.17. The van der Waals surface area contributed by atoms with E-state index in [1.54, 1.807) is 0 Å². The van der Waals surface area contributed by atoms with E-state index >= 15 is 0 Å². The predicted molar refractivity (Wildman–Crippen MR) is 139 cm³/mol. The Bertz CT molecular complexity index is 1150. The van der Waals surface area contributed by atoms with Crippen molar-refractivity contribution in [3.8, 4) is 5.75 Å². The smallest absolute Gasteiger partial charge is 0.119 e. The number of ether oxygens (including phenoxy) is 2. The normalized spacial score (nSPS) is 11.7. The van der Waals surface area contributed by atoms with Crippen LogP contribution in [0.1, 0.15) is 28.7 Å². The molecule has 0 unspecified atom stereocenters. The highest BCUT2D eigenvalue weighted by atomic mass is 16.5. The molecule has 0 amide bonds. The summed E-state index contributed by atoms with van der Waals surface area (Å²) in [4.78, 5) is 0. The fourth-order valence-corrected chi connectivity index (χ4v) is 3.99. The van der Waals surface area contributed by atoms with Crippen molar-refractivity contribution in [1.82, 2.24) is 0 Å². The van der Waals surface area contributed by atoms with Crippen molar-refractivity contribution in [1.29, 1.82) is 0 Å². The van der Waals surface area contributed by atoms with E-state index in [0.717, 1.165) is 39.1 Å². The molecule has 0 saturated heterocycles. The minimum absolute atomic E-state index is 0.0880. The predicted octanol–water partition coefficient (Wildman–Crippen LogP) is 6.62. The molecule has 0 bridgehead atoms. The molecular weight excluding hydrogens is 420 g/mol. The first-order valence-electron chi connectivity index (χ1n) is 11.6. The Labute approximate surface area is 201 Å². The number of rotatable bonds is 11. The first-order chi connectivity index (χ1) is 16.8. The Morgan fingerprint density at radius 3 is 1.76 bits per heavy atom. The van der Waals surface area contributed by atoms with E-state index in [1.807, 2.05) is 66.7 Å². The van der Waals surface area contributed by atoms with E-state index in [0.29, 0.717) is 26.2 Å². The Morgan fingerprint density at radius 2 is 1.15 bits per heavy atom. The van der Waals surface area contributed by atoms with Gasteiger partial charge in [0.2, 0.25) is 0 Å². The van der Waals surface area contributed by atoms with Gasteiger partial charge in [0.15, 0.2) is 0 Å². The molecule has 0 aliphatic rings. The maximum absolute atomic E-state index is 9.83. The zero-order valence-electron chi connectivity index (χ0n) is 19.3. The number of aliphatic hydroxyl groups is 1. The summed E-state index contributed by atoms with van der Waals surface area (Å²) >= 11 is 0. The summed E-state index contributed by atoms with van der Waals surface area (Å²) in [6, 6.07) is 38.9. The molecule has 0 aliphatic heterocycles. The topological polar surface area (TPSA) is 38.7 Å². The van der Waals surface area contributed by atoms with Gasteiger partial charge >= 0.3 is 0 Å². The van der Waals surface area contributed by atoms with Crippen molar-refractivity contribution >= 4 is 11.1 Å². The highest BCUT2D eigenvalue weighted by Crippen LogP contribution is 2.34. The van der Waals surface area contributed by atoms with Gasteiger partial charge in [0.05, 0.1) is 13.2 Å². The fraction of sp³-hybridized carbons (Fsp3) is 0.161. The van der Waals surface area contributed by atoms with E-state index < -0.39 is 0 Å². The number of aliphatic hydroxyl groups excluding tert-OH is 1. The minimum atomic E-state index is 0.0880. The molecule has 0 heterocycles. The molecule has 34 heavy (non-hydrogen) atoms. The lowest BCUT2D eigenvalue weighted by molar-refractivity contribution is 0.0889. The first-order valence-corrected chi connectivity index (χ1v) is 11.6. The zero-order valence-corrected chi connectivity index (χ0v) is 19.3. The van der Waals surface area contributed by atoms with Crippen LogP contribution in [-0.2, 0) is 11.3 Å². The summed E-state index contributed by atoms with van der Waals surface area (Å²) in [5.41, 5.74) is 6.73. The fourth-order valence-electron chi connectivity index (χ4n) is 3.99. The summed E-state index contributed by atoms with van der Waals surface area (Å²) in [6.07, 6.45) is 0.575. The standard InChI is InChI=1S/C31H30O3/c32-21-20-30(26-12-6-2-7-13-26)31(27-14-8-3-9-15-27)28-16-18-29(19-17-28)34-23-22-33-24-25-10-4-1-5-11-25/h1-19,32H,20-24H2/b31-30+. The van der Waals surface area contributed by atoms with Gasteiger partial charge in [0, 0.05) is 6.61 Å². The molecule has 0 fully saturated rings. The monoisotopic (exact) mass is 450 g/mol. The van der Waals surface area contributed by atoms with Gasteiger partial charge in [-0.15, -0.1) is 0 Å². The second-order valence-corrected chi connectivity index (χ2v) is 7.97. The van der Waals surface area contributed by atoms with E-state index in [-0.39, 0.29) is 6.61 Å². The van der Waals surface area contributed by atoms with Crippen LogP contribution in [0.2, 0.25) is 0 Å². The molecule has 0 aliphatic carbocycles. The molecular formula is C31H30O3. The van der Waals surface area contributed by atoms with Crippen molar-refractivity contribution in [2.45, 2.75) is 13.0 Å². The summed E-state index contributed by atoms with van der Waals surface area (Å²) in [5, 5.41) is 9.83. The van der Waals surface area contributed by atoms with Gasteiger partial charge in [-0.05, 0) is 52.0 Å². The van der Waals surface area contributed by atoms with E-state index in [2.05, 4.69) is 48.5 Å². The summed E-state index contributed by atoms with van der Waals surface area (Å²) < 4.78 is 11.6. The first kappa shape index (κ1) is 23.5. The van der Waals surface area contributed by atoms with Crippen LogP contribution < -0.4 is 4.74 Å². The quantitative estimate of drug-likeness (QED) is 0.206. The van der Waals surface area contributed by atoms with Gasteiger partial charge in [-0.3, -0.25) is 0 Å². The average Bonchev–Trinajstić information content (AvgIpc) is 2.91. The molecule has 1 N–H and O–H groups in total. The Kier molecular flexibility index (Phi) is 8.67. The van der Waals surface area contributed by atoms with Crippen LogP contribution in [0.3, 0.4) is 0 Å². The van der Waals surface area contributed by atoms with Gasteiger partial charge in [0.25, 0.3) is 0 Å². The van der Waals surface area contributed by atoms with Crippen LogP contribution in [0.15, 0.2) is 115 Å². The van der Waals surface area contributed by atoms with Crippen LogP contribution in [0, 0.1) is 0 Å². The molecule has 0 spiro atoms. The molecule has 4 aromatic carbocycles. The number of hydrogen-bond donors (Lipinski definition) is 1. The van der Waals surface area contributed by atoms with Crippen molar-refractivity contribution in [2.24, 2.45) is 0 Å². The van der Waals surface area contributed by atoms with Crippen LogP contribution in [-0.4, -0.2) is 24.9 Å². The van der Waals surface area contributed by atoms with Crippen molar-refractivity contribution in [3.05, 3.63) is 138 Å². The molecule has 172 valence electrons. The van der Waals surface area contributed by atoms with Gasteiger partial charge in [-0.25, -0.2) is 0 Å². The van der Waals surface area contributed by atoms with Gasteiger partial charge < -0.3 is 14.6 Å². The third kappa shape index (κ3) is 6.44. The van der Waals surface area contributed by atoms with Crippen molar-refractivity contribution < 1.29 is 14.6 Å². The minimum Gasteiger partial charge on any atom is -0.491 e. The summed E-state index contributed by atoms with van der Waals surface area (Å²) in [6.45, 7) is 1.69. The lowest BCUT2D eigenvalue weighted by atomic mass is 9.88. The third-order valence-corrected chi connectivity index (χ3v) is 5.60. The van der Waals surface area contributed by atoms with Crippen LogP contribution in [0.4, 0.5) is 0 Å². The lowest BCUT2D eigenvalue weighted by Crippen LogP contribution is -2.06. The Hall–Kier alpha value is -3.66. The summed E-state index contributed by atoms with van der Waals surface area (Å²) in [7, 11) is 0. The number of benzene rings is 4. The molecule has 3 heteroatoms. The molecule has 4 rings (SSSR count). The summed E-state index contributed by atoms with van der Waals surface area (Å²) in [5.74, 6) is 0.808. The van der Waals surface area contributed by atoms with Crippen LogP contribution >= 0.6 is 0 Å². The molecule has 0 aromatic heterocycles. The van der Waals surface area contributed by atoms with E-state index in [4.69, 9.17) is 9.47 Å². The second-order valence-electron chi connectivity index (χ2n) is 7.97. The molecule has 0 atom stereocenters. The largest absolute Gasteiger partial charge is 0.491 e. The second kappa shape index (κ2) is 12.5. The van der Waals surface area contributed by atoms with Crippen molar-refractivity contribution in [3.63, 3.8) is 0 Å². The Morgan fingerprint density at radius 1 is 0.588 bits per heavy atom. The molecule has 0 radical (unpaired) electrons. The van der Waals surface area contributed by atoms with Gasteiger partial charge in [-0.1, -0.05) is 103 Å². The van der Waals surface area contributed by atoms with Gasteiger partial charge in [0.1, 0.15) is 12.4 Å². The van der Waals surface area contributed by atoms with Crippen molar-refractivity contribution in [2.75, 3.05) is 19.8 Å². The van der Waals surface area contributed by atoms with Crippen LogP contribution in [0.5, 0.6) is 5.75 Å². The molecule has 0 saturated carbocycles. The average molecular weight is 451 g/mol. The Balaban J connectivity index is 1.50. The highest BCUT2D eigenvalue weighted by molar-refractivity contribution is 5.98. The third-order valence-electron chi connectivity index (χ3n) is 5.60. The molecule has 3 nitrogen and oxygen atoms in total. The van der Waals surface area contributed by atoms with Gasteiger partial charge in [-0.2, -0.15) is 0 Å². The molecule has 4 aromatic rings. The maximum Gasteiger partial charge on any atom is 0.119 e. The van der Waals surface area contributed by atoms with E-state index in [1.165, 1.54) is 0 Å². The highest BCUT2D eigenvalue weighted by Gasteiger charge is 2.14. The number of hydrogen-bond acceptors (Lipinski definition) is 3. The zero-order chi connectivity index (χ0) is 23.4. The SMILES string of the molecule is OCC/C(=C(/c1ccccc1)c1ccc(OCCOCc2ccccc2)cc1)c1ccccc1.